The van der Waals surface area contributed by atoms with Crippen LogP contribution in [0.4, 0.5) is 0 Å². The van der Waals surface area contributed by atoms with Crippen LogP contribution >= 0.6 is 0 Å². The standard InChI is InChI=1S/C10H19NO2/c1-12-10(13-2)8-11-9-6-4-3-5-7-9/h3-4,9-11H,5-8H2,1-2H3. The highest BCUT2D eigenvalue weighted by molar-refractivity contribution is 4.92. The minimum absolute atomic E-state index is 0.120. The van der Waals surface area contributed by atoms with Crippen LogP contribution in [-0.2, 0) is 9.47 Å². The average molecular weight is 185 g/mol. The third kappa shape index (κ3) is 3.89. The highest BCUT2D eigenvalue weighted by atomic mass is 16.7. The van der Waals surface area contributed by atoms with E-state index in [2.05, 4.69) is 17.5 Å². The van der Waals surface area contributed by atoms with Gasteiger partial charge in [-0.05, 0) is 19.3 Å². The van der Waals surface area contributed by atoms with Crippen molar-refractivity contribution in [2.24, 2.45) is 0 Å². The summed E-state index contributed by atoms with van der Waals surface area (Å²) in [6.45, 7) is 0.769. The van der Waals surface area contributed by atoms with Gasteiger partial charge in [0, 0.05) is 26.8 Å². The Morgan fingerprint density at radius 1 is 1.38 bits per heavy atom. The van der Waals surface area contributed by atoms with Gasteiger partial charge in [-0.1, -0.05) is 12.2 Å². The molecule has 1 aliphatic rings. The summed E-state index contributed by atoms with van der Waals surface area (Å²) in [4.78, 5) is 0. The molecule has 0 fully saturated rings. The van der Waals surface area contributed by atoms with Gasteiger partial charge in [-0.3, -0.25) is 0 Å². The molecule has 0 radical (unpaired) electrons. The maximum absolute atomic E-state index is 5.09. The van der Waals surface area contributed by atoms with Crippen LogP contribution in [0.1, 0.15) is 19.3 Å². The smallest absolute Gasteiger partial charge is 0.169 e. The summed E-state index contributed by atoms with van der Waals surface area (Å²) in [6.07, 6.45) is 7.88. The van der Waals surface area contributed by atoms with Gasteiger partial charge >= 0.3 is 0 Å². The molecule has 13 heavy (non-hydrogen) atoms. The van der Waals surface area contributed by atoms with Gasteiger partial charge in [0.25, 0.3) is 0 Å². The lowest BCUT2D eigenvalue weighted by molar-refractivity contribution is -0.0999. The Labute approximate surface area is 80.1 Å². The third-order valence-electron chi connectivity index (χ3n) is 2.37. The van der Waals surface area contributed by atoms with Gasteiger partial charge in [-0.15, -0.1) is 0 Å². The quantitative estimate of drug-likeness (QED) is 0.517. The monoisotopic (exact) mass is 185 g/mol. The average Bonchev–Trinajstić information content (AvgIpc) is 2.21. The summed E-state index contributed by atoms with van der Waals surface area (Å²) in [5, 5.41) is 3.42. The normalized spacial score (nSPS) is 22.5. The van der Waals surface area contributed by atoms with E-state index >= 15 is 0 Å². The predicted octanol–water partition coefficient (Wildman–Crippen LogP) is 1.30. The Morgan fingerprint density at radius 2 is 2.15 bits per heavy atom. The molecular formula is C10H19NO2. The number of methoxy groups -OCH3 is 2. The molecule has 1 N–H and O–H groups in total. The van der Waals surface area contributed by atoms with E-state index in [0.29, 0.717) is 6.04 Å². The minimum atomic E-state index is -0.120. The van der Waals surface area contributed by atoms with Gasteiger partial charge in [-0.25, -0.2) is 0 Å². The summed E-state index contributed by atoms with van der Waals surface area (Å²) in [5.41, 5.74) is 0. The van der Waals surface area contributed by atoms with Crippen LogP contribution in [0.15, 0.2) is 12.2 Å². The predicted molar refractivity (Wildman–Crippen MR) is 52.6 cm³/mol. The fraction of sp³-hybridized carbons (Fsp3) is 0.800. The van der Waals surface area contributed by atoms with Gasteiger partial charge in [0.15, 0.2) is 6.29 Å². The first-order chi connectivity index (χ1) is 6.36. The van der Waals surface area contributed by atoms with Gasteiger partial charge < -0.3 is 14.8 Å². The lowest BCUT2D eigenvalue weighted by atomic mass is 10.0. The first kappa shape index (κ1) is 10.7. The number of hydrogen-bond donors (Lipinski definition) is 1. The van der Waals surface area contributed by atoms with Crippen molar-refractivity contribution < 1.29 is 9.47 Å². The first-order valence-electron chi connectivity index (χ1n) is 4.80. The molecule has 76 valence electrons. The van der Waals surface area contributed by atoms with E-state index in [4.69, 9.17) is 9.47 Å². The van der Waals surface area contributed by atoms with E-state index in [0.717, 1.165) is 13.0 Å². The minimum Gasteiger partial charge on any atom is -0.355 e. The van der Waals surface area contributed by atoms with Crippen LogP contribution < -0.4 is 5.32 Å². The molecule has 0 aromatic carbocycles. The van der Waals surface area contributed by atoms with Crippen molar-refractivity contribution in [1.29, 1.82) is 0 Å². The summed E-state index contributed by atoms with van der Waals surface area (Å²) in [6, 6.07) is 0.595. The molecule has 1 rings (SSSR count). The molecule has 0 amide bonds. The zero-order chi connectivity index (χ0) is 9.52. The SMILES string of the molecule is COC(CNC1CC=CCC1)OC. The van der Waals surface area contributed by atoms with Crippen molar-refractivity contribution in [2.45, 2.75) is 31.6 Å². The zero-order valence-corrected chi connectivity index (χ0v) is 8.45. The second-order valence-electron chi connectivity index (χ2n) is 3.29. The van der Waals surface area contributed by atoms with Crippen molar-refractivity contribution >= 4 is 0 Å². The Morgan fingerprint density at radius 3 is 2.69 bits per heavy atom. The van der Waals surface area contributed by atoms with E-state index in [1.807, 2.05) is 0 Å². The Hall–Kier alpha value is -0.380. The second kappa shape index (κ2) is 6.13. The number of rotatable bonds is 5. The maximum atomic E-state index is 5.09. The molecule has 3 heteroatoms. The van der Waals surface area contributed by atoms with Crippen LogP contribution in [0, 0.1) is 0 Å². The topological polar surface area (TPSA) is 30.5 Å². The molecule has 0 saturated heterocycles. The van der Waals surface area contributed by atoms with Gasteiger partial charge in [-0.2, -0.15) is 0 Å². The van der Waals surface area contributed by atoms with E-state index in [-0.39, 0.29) is 6.29 Å². The largest absolute Gasteiger partial charge is 0.355 e. The van der Waals surface area contributed by atoms with Crippen molar-refractivity contribution in [3.8, 4) is 0 Å². The highest BCUT2D eigenvalue weighted by Crippen LogP contribution is 2.10. The molecular weight excluding hydrogens is 166 g/mol. The number of ether oxygens (including phenoxy) is 2. The third-order valence-corrected chi connectivity index (χ3v) is 2.37. The van der Waals surface area contributed by atoms with Gasteiger partial charge in [0.2, 0.25) is 0 Å². The molecule has 0 spiro atoms. The van der Waals surface area contributed by atoms with E-state index in [1.54, 1.807) is 14.2 Å². The molecule has 0 bridgehead atoms. The maximum Gasteiger partial charge on any atom is 0.169 e. The van der Waals surface area contributed by atoms with Crippen LogP contribution in [-0.4, -0.2) is 33.1 Å². The Balaban J connectivity index is 2.13. The molecule has 1 aliphatic carbocycles. The molecule has 1 unspecified atom stereocenters. The van der Waals surface area contributed by atoms with Gasteiger partial charge in [0.1, 0.15) is 0 Å². The van der Waals surface area contributed by atoms with Crippen LogP contribution in [0.5, 0.6) is 0 Å². The number of hydrogen-bond acceptors (Lipinski definition) is 3. The van der Waals surface area contributed by atoms with Crippen molar-refractivity contribution in [1.82, 2.24) is 5.32 Å². The fourth-order valence-electron chi connectivity index (χ4n) is 1.50. The van der Waals surface area contributed by atoms with Crippen LogP contribution in [0.3, 0.4) is 0 Å². The molecule has 0 saturated carbocycles. The number of allylic oxidation sites excluding steroid dienone is 1. The van der Waals surface area contributed by atoms with E-state index < -0.39 is 0 Å². The van der Waals surface area contributed by atoms with Gasteiger partial charge in [0.05, 0.1) is 0 Å². The lowest BCUT2D eigenvalue weighted by Crippen LogP contribution is -2.37. The van der Waals surface area contributed by atoms with Crippen LogP contribution in [0.2, 0.25) is 0 Å². The molecule has 0 aromatic rings. The molecule has 0 heterocycles. The van der Waals surface area contributed by atoms with E-state index in [1.165, 1.54) is 12.8 Å². The zero-order valence-electron chi connectivity index (χ0n) is 8.45. The van der Waals surface area contributed by atoms with Crippen molar-refractivity contribution in [3.05, 3.63) is 12.2 Å². The highest BCUT2D eigenvalue weighted by Gasteiger charge is 2.11. The van der Waals surface area contributed by atoms with E-state index in [9.17, 15) is 0 Å². The van der Waals surface area contributed by atoms with Crippen molar-refractivity contribution in [3.63, 3.8) is 0 Å². The summed E-state index contributed by atoms with van der Waals surface area (Å²) in [7, 11) is 3.33. The molecule has 0 aliphatic heterocycles. The lowest BCUT2D eigenvalue weighted by Gasteiger charge is -2.22. The summed E-state index contributed by atoms with van der Waals surface area (Å²) in [5.74, 6) is 0. The summed E-state index contributed by atoms with van der Waals surface area (Å²) < 4.78 is 10.2. The molecule has 0 aromatic heterocycles. The first-order valence-corrected chi connectivity index (χ1v) is 4.80. The second-order valence-corrected chi connectivity index (χ2v) is 3.29. The van der Waals surface area contributed by atoms with Crippen LogP contribution in [0.25, 0.3) is 0 Å². The summed E-state index contributed by atoms with van der Waals surface area (Å²) >= 11 is 0. The molecule has 3 nitrogen and oxygen atoms in total. The fourth-order valence-corrected chi connectivity index (χ4v) is 1.50. The van der Waals surface area contributed by atoms with Crippen molar-refractivity contribution in [2.75, 3.05) is 20.8 Å². The number of nitrogens with one attached hydrogen (secondary N) is 1. The Bertz CT molecular complexity index is 155. The Kier molecular flexibility index (Phi) is 5.05. The molecule has 1 atom stereocenters.